The fourth-order valence-electron chi connectivity index (χ4n) is 4.75. The number of pyridine rings is 1. The highest BCUT2D eigenvalue weighted by atomic mass is 35.5. The van der Waals surface area contributed by atoms with Crippen molar-refractivity contribution in [1.82, 2.24) is 20.1 Å². The average Bonchev–Trinajstić information content (AvgIpc) is 2.96. The Hall–Kier alpha value is -2.63. The maximum absolute atomic E-state index is 12.9. The molecule has 30 heavy (non-hydrogen) atoms. The molecule has 0 saturated carbocycles. The third-order valence-corrected chi connectivity index (χ3v) is 6.53. The summed E-state index contributed by atoms with van der Waals surface area (Å²) >= 11 is 6.31. The van der Waals surface area contributed by atoms with Crippen LogP contribution in [0, 0.1) is 0 Å². The maximum Gasteiger partial charge on any atom is 0.251 e. The summed E-state index contributed by atoms with van der Waals surface area (Å²) in [6.45, 7) is 3.10. The number of aryl methyl sites for hydroxylation is 2. The van der Waals surface area contributed by atoms with Gasteiger partial charge in [0.25, 0.3) is 5.91 Å². The summed E-state index contributed by atoms with van der Waals surface area (Å²) in [5, 5.41) is 3.81. The van der Waals surface area contributed by atoms with E-state index in [0.29, 0.717) is 6.42 Å². The van der Waals surface area contributed by atoms with Crippen LogP contribution in [0.4, 0.5) is 0 Å². The standard InChI is InChI=1S/C24H25ClN4O/c25-20-7-8-21-18(15-20)6-5-17-3-2-10-27-22(17)23(21)28-11-13-29(14-12-28)24(30)19-4-1-9-26-16-19/h1-3,7-10,15-16,23,26H,4-6,11-14H2. The molecule has 0 radical (unpaired) electrons. The Labute approximate surface area is 182 Å². The number of hydrogen-bond acceptors (Lipinski definition) is 4. The van der Waals surface area contributed by atoms with E-state index in [1.54, 1.807) is 0 Å². The highest BCUT2D eigenvalue weighted by molar-refractivity contribution is 6.30. The molecule has 1 amide bonds. The van der Waals surface area contributed by atoms with Crippen LogP contribution in [0.5, 0.6) is 0 Å². The minimum absolute atomic E-state index is 0.103. The highest BCUT2D eigenvalue weighted by Gasteiger charge is 2.33. The van der Waals surface area contributed by atoms with Gasteiger partial charge in [-0.05, 0) is 60.4 Å². The van der Waals surface area contributed by atoms with Gasteiger partial charge in [-0.25, -0.2) is 0 Å². The van der Waals surface area contributed by atoms with Gasteiger partial charge in [-0.1, -0.05) is 29.8 Å². The molecule has 1 N–H and O–H groups in total. The van der Waals surface area contributed by atoms with Gasteiger partial charge in [0.05, 0.1) is 11.7 Å². The van der Waals surface area contributed by atoms with Crippen molar-refractivity contribution in [1.29, 1.82) is 0 Å². The Morgan fingerprint density at radius 3 is 2.73 bits per heavy atom. The minimum atomic E-state index is 0.103. The largest absolute Gasteiger partial charge is 0.367 e. The molecule has 1 aromatic heterocycles. The minimum Gasteiger partial charge on any atom is -0.367 e. The summed E-state index contributed by atoms with van der Waals surface area (Å²) in [5.41, 5.74) is 5.86. The number of carbonyl (C=O) groups is 1. The lowest BCUT2D eigenvalue weighted by Gasteiger charge is -2.40. The summed E-state index contributed by atoms with van der Waals surface area (Å²) in [4.78, 5) is 22.1. The Morgan fingerprint density at radius 1 is 1.10 bits per heavy atom. The SMILES string of the molecule is O=C(C1=CNC=CC1)N1CCN(C2c3ccc(Cl)cc3CCc3cccnc32)CC1. The molecule has 2 aliphatic heterocycles. The molecule has 1 saturated heterocycles. The van der Waals surface area contributed by atoms with Crippen LogP contribution in [-0.2, 0) is 17.6 Å². The number of benzene rings is 1. The van der Waals surface area contributed by atoms with Crippen LogP contribution in [-0.4, -0.2) is 46.9 Å². The van der Waals surface area contributed by atoms with E-state index >= 15 is 0 Å². The van der Waals surface area contributed by atoms with E-state index < -0.39 is 0 Å². The van der Waals surface area contributed by atoms with E-state index in [1.807, 2.05) is 41.7 Å². The third-order valence-electron chi connectivity index (χ3n) is 6.30. The van der Waals surface area contributed by atoms with Crippen molar-refractivity contribution in [2.45, 2.75) is 25.3 Å². The predicted octanol–water partition coefficient (Wildman–Crippen LogP) is 3.46. The Morgan fingerprint density at radius 2 is 1.93 bits per heavy atom. The average molecular weight is 421 g/mol. The molecule has 1 fully saturated rings. The number of nitrogens with zero attached hydrogens (tertiary/aromatic N) is 3. The number of dihydropyridines is 1. The number of hydrogen-bond donors (Lipinski definition) is 1. The first kappa shape index (κ1) is 19.3. The van der Waals surface area contributed by atoms with Crippen molar-refractivity contribution in [2.75, 3.05) is 26.2 Å². The first-order valence-corrected chi connectivity index (χ1v) is 10.9. The van der Waals surface area contributed by atoms with Crippen LogP contribution < -0.4 is 5.32 Å². The molecule has 5 rings (SSSR count). The van der Waals surface area contributed by atoms with E-state index in [-0.39, 0.29) is 11.9 Å². The molecule has 2 aromatic rings. The monoisotopic (exact) mass is 420 g/mol. The van der Waals surface area contributed by atoms with Crippen molar-refractivity contribution in [3.05, 3.63) is 88.0 Å². The van der Waals surface area contributed by atoms with Crippen molar-refractivity contribution in [2.24, 2.45) is 0 Å². The van der Waals surface area contributed by atoms with Gasteiger partial charge in [-0.15, -0.1) is 0 Å². The number of aromatic nitrogens is 1. The number of piperazine rings is 1. The fourth-order valence-corrected chi connectivity index (χ4v) is 4.94. The lowest BCUT2D eigenvalue weighted by Crippen LogP contribution is -2.50. The second kappa shape index (κ2) is 8.25. The van der Waals surface area contributed by atoms with Crippen LogP contribution in [0.25, 0.3) is 0 Å². The molecule has 3 aliphatic rings. The van der Waals surface area contributed by atoms with Gasteiger partial charge in [0, 0.05) is 49.2 Å². The lowest BCUT2D eigenvalue weighted by molar-refractivity contribution is -0.129. The summed E-state index contributed by atoms with van der Waals surface area (Å²) in [5.74, 6) is 0.137. The molecule has 0 bridgehead atoms. The Kier molecular flexibility index (Phi) is 5.32. The van der Waals surface area contributed by atoms with Gasteiger partial charge in [0.2, 0.25) is 0 Å². The third kappa shape index (κ3) is 3.64. The number of halogens is 1. The van der Waals surface area contributed by atoms with Crippen LogP contribution in [0.15, 0.2) is 60.6 Å². The topological polar surface area (TPSA) is 48.5 Å². The summed E-state index contributed by atoms with van der Waals surface area (Å²) in [6, 6.07) is 10.6. The predicted molar refractivity (Wildman–Crippen MR) is 118 cm³/mol. The summed E-state index contributed by atoms with van der Waals surface area (Å²) in [6.07, 6.45) is 10.2. The van der Waals surface area contributed by atoms with E-state index in [0.717, 1.165) is 55.3 Å². The Bertz CT molecular complexity index is 1020. The molecule has 3 heterocycles. The highest BCUT2D eigenvalue weighted by Crippen LogP contribution is 2.37. The molecule has 1 aliphatic carbocycles. The molecule has 1 aromatic carbocycles. The lowest BCUT2D eigenvalue weighted by atomic mass is 9.96. The zero-order valence-corrected chi connectivity index (χ0v) is 17.6. The van der Waals surface area contributed by atoms with Gasteiger partial charge < -0.3 is 10.2 Å². The first-order valence-electron chi connectivity index (χ1n) is 10.6. The van der Waals surface area contributed by atoms with Gasteiger partial charge in [0.15, 0.2) is 0 Å². The second-order valence-corrected chi connectivity index (χ2v) is 8.50. The summed E-state index contributed by atoms with van der Waals surface area (Å²) < 4.78 is 0. The van der Waals surface area contributed by atoms with E-state index in [9.17, 15) is 4.79 Å². The van der Waals surface area contributed by atoms with Crippen molar-refractivity contribution in [3.8, 4) is 0 Å². The molecule has 1 unspecified atom stereocenters. The van der Waals surface area contributed by atoms with E-state index in [4.69, 9.17) is 16.6 Å². The number of allylic oxidation sites excluding steroid dienone is 1. The van der Waals surface area contributed by atoms with Crippen LogP contribution in [0.2, 0.25) is 5.02 Å². The summed E-state index contributed by atoms with van der Waals surface area (Å²) in [7, 11) is 0. The van der Waals surface area contributed by atoms with Gasteiger partial charge >= 0.3 is 0 Å². The fraction of sp³-hybridized carbons (Fsp3) is 0.333. The number of carbonyl (C=O) groups excluding carboxylic acids is 1. The number of nitrogens with one attached hydrogen (secondary N) is 1. The van der Waals surface area contributed by atoms with E-state index in [1.165, 1.54) is 16.7 Å². The second-order valence-electron chi connectivity index (χ2n) is 8.06. The molecule has 0 spiro atoms. The molecule has 1 atom stereocenters. The van der Waals surface area contributed by atoms with E-state index in [2.05, 4.69) is 28.4 Å². The number of fused-ring (bicyclic) bond motifs is 2. The van der Waals surface area contributed by atoms with Crippen LogP contribution in [0.1, 0.15) is 34.8 Å². The zero-order chi connectivity index (χ0) is 20.5. The molecular formula is C24H25ClN4O. The molecular weight excluding hydrogens is 396 g/mol. The van der Waals surface area contributed by atoms with Crippen LogP contribution in [0.3, 0.4) is 0 Å². The smallest absolute Gasteiger partial charge is 0.251 e. The maximum atomic E-state index is 12.9. The van der Waals surface area contributed by atoms with Gasteiger partial charge in [-0.2, -0.15) is 0 Å². The van der Waals surface area contributed by atoms with Gasteiger partial charge in [0.1, 0.15) is 0 Å². The molecule has 6 heteroatoms. The molecule has 154 valence electrons. The van der Waals surface area contributed by atoms with Crippen molar-refractivity contribution in [3.63, 3.8) is 0 Å². The van der Waals surface area contributed by atoms with Crippen molar-refractivity contribution < 1.29 is 4.79 Å². The number of amides is 1. The Balaban J connectivity index is 1.41. The van der Waals surface area contributed by atoms with Crippen molar-refractivity contribution >= 4 is 17.5 Å². The molecule has 5 nitrogen and oxygen atoms in total. The number of rotatable bonds is 2. The zero-order valence-electron chi connectivity index (χ0n) is 16.9. The first-order chi connectivity index (χ1) is 14.7. The van der Waals surface area contributed by atoms with Crippen LogP contribution >= 0.6 is 11.6 Å². The van der Waals surface area contributed by atoms with Gasteiger partial charge in [-0.3, -0.25) is 14.7 Å². The quantitative estimate of drug-likeness (QED) is 0.808. The normalized spacial score (nSPS) is 21.2.